The summed E-state index contributed by atoms with van der Waals surface area (Å²) < 4.78 is 5.29. The van der Waals surface area contributed by atoms with E-state index in [0.29, 0.717) is 5.92 Å². The molecule has 0 aromatic heterocycles. The van der Waals surface area contributed by atoms with E-state index in [4.69, 9.17) is 9.84 Å². The van der Waals surface area contributed by atoms with Gasteiger partial charge in [-0.1, -0.05) is 12.1 Å². The lowest BCUT2D eigenvalue weighted by Crippen LogP contribution is -2.10. The van der Waals surface area contributed by atoms with Crippen LogP contribution in [0.5, 0.6) is 5.75 Å². The average Bonchev–Trinajstić information content (AvgIpc) is 3.10. The first-order valence-electron chi connectivity index (χ1n) is 5.98. The highest BCUT2D eigenvalue weighted by atomic mass is 16.5. The van der Waals surface area contributed by atoms with Crippen LogP contribution in [-0.2, 0) is 4.79 Å². The van der Waals surface area contributed by atoms with E-state index in [1.54, 1.807) is 7.11 Å². The average molecular weight is 234 g/mol. The molecule has 3 nitrogen and oxygen atoms in total. The monoisotopic (exact) mass is 234 g/mol. The van der Waals surface area contributed by atoms with Crippen LogP contribution in [0.3, 0.4) is 0 Å². The Bertz CT molecular complexity index is 421. The number of carboxylic acid groups (broad SMARTS) is 1. The van der Waals surface area contributed by atoms with Crippen LogP contribution in [0.4, 0.5) is 0 Å². The quantitative estimate of drug-likeness (QED) is 0.852. The first kappa shape index (κ1) is 12.0. The fourth-order valence-electron chi connectivity index (χ4n) is 2.47. The Hall–Kier alpha value is -1.51. The summed E-state index contributed by atoms with van der Waals surface area (Å²) in [5, 5.41) is 9.01. The number of rotatable bonds is 5. The van der Waals surface area contributed by atoms with Gasteiger partial charge in [0.25, 0.3) is 0 Å². The van der Waals surface area contributed by atoms with Crippen molar-refractivity contribution in [1.82, 2.24) is 0 Å². The van der Waals surface area contributed by atoms with E-state index < -0.39 is 5.97 Å². The van der Waals surface area contributed by atoms with Gasteiger partial charge in [0.15, 0.2) is 0 Å². The smallest absolute Gasteiger partial charge is 0.303 e. The summed E-state index contributed by atoms with van der Waals surface area (Å²) in [4.78, 5) is 10.9. The van der Waals surface area contributed by atoms with Crippen LogP contribution in [0.15, 0.2) is 18.2 Å². The molecule has 2 rings (SSSR count). The number of methoxy groups -OCH3 is 1. The van der Waals surface area contributed by atoms with Crippen molar-refractivity contribution in [1.29, 1.82) is 0 Å². The predicted octanol–water partition coefficient (Wildman–Crippen LogP) is 2.97. The molecular weight excluding hydrogens is 216 g/mol. The molecule has 92 valence electrons. The first-order chi connectivity index (χ1) is 8.13. The predicted molar refractivity (Wildman–Crippen MR) is 65.4 cm³/mol. The standard InChI is InChI=1S/C14H18O3/c1-9-11(4-3-5-13(9)17-2)12(8-14(15)16)10-6-7-10/h3-5,10,12H,6-8H2,1-2H3,(H,15,16). The molecule has 17 heavy (non-hydrogen) atoms. The molecular formula is C14H18O3. The Morgan fingerprint density at radius 3 is 2.76 bits per heavy atom. The minimum atomic E-state index is -0.718. The lowest BCUT2D eigenvalue weighted by Gasteiger charge is -2.18. The van der Waals surface area contributed by atoms with Crippen molar-refractivity contribution in [3.05, 3.63) is 29.3 Å². The van der Waals surface area contributed by atoms with Gasteiger partial charge in [0.1, 0.15) is 5.75 Å². The SMILES string of the molecule is COc1cccc(C(CC(=O)O)C2CC2)c1C. The molecule has 1 saturated carbocycles. The summed E-state index contributed by atoms with van der Waals surface area (Å²) in [7, 11) is 1.65. The largest absolute Gasteiger partial charge is 0.496 e. The van der Waals surface area contributed by atoms with Gasteiger partial charge in [-0.3, -0.25) is 4.79 Å². The molecule has 1 N–H and O–H groups in total. The van der Waals surface area contributed by atoms with Crippen LogP contribution < -0.4 is 4.74 Å². The molecule has 0 amide bonds. The number of hydrogen-bond donors (Lipinski definition) is 1. The van der Waals surface area contributed by atoms with Gasteiger partial charge >= 0.3 is 5.97 Å². The van der Waals surface area contributed by atoms with Crippen LogP contribution in [0.25, 0.3) is 0 Å². The molecule has 0 aliphatic heterocycles. The van der Waals surface area contributed by atoms with Gasteiger partial charge in [-0.05, 0) is 48.8 Å². The highest BCUT2D eigenvalue weighted by Gasteiger charge is 2.34. The third kappa shape index (κ3) is 2.60. The summed E-state index contributed by atoms with van der Waals surface area (Å²) in [5.41, 5.74) is 2.21. The van der Waals surface area contributed by atoms with E-state index >= 15 is 0 Å². The van der Waals surface area contributed by atoms with E-state index in [9.17, 15) is 4.79 Å². The van der Waals surface area contributed by atoms with Crippen LogP contribution >= 0.6 is 0 Å². The molecule has 0 saturated heterocycles. The van der Waals surface area contributed by atoms with Crippen LogP contribution in [0, 0.1) is 12.8 Å². The normalized spacial score (nSPS) is 16.6. The number of benzene rings is 1. The summed E-state index contributed by atoms with van der Waals surface area (Å²) in [6.45, 7) is 2.01. The third-order valence-electron chi connectivity index (χ3n) is 3.53. The van der Waals surface area contributed by atoms with Crippen molar-refractivity contribution in [2.45, 2.75) is 32.1 Å². The van der Waals surface area contributed by atoms with Crippen molar-refractivity contribution >= 4 is 5.97 Å². The number of aliphatic carboxylic acids is 1. The minimum absolute atomic E-state index is 0.141. The van der Waals surface area contributed by atoms with Crippen molar-refractivity contribution < 1.29 is 14.6 Å². The minimum Gasteiger partial charge on any atom is -0.496 e. The first-order valence-corrected chi connectivity index (χ1v) is 5.98. The van der Waals surface area contributed by atoms with Gasteiger partial charge in [0.05, 0.1) is 13.5 Å². The second kappa shape index (κ2) is 4.78. The number of ether oxygens (including phenoxy) is 1. The lowest BCUT2D eigenvalue weighted by atomic mass is 9.88. The van der Waals surface area contributed by atoms with Crippen molar-refractivity contribution in [2.75, 3.05) is 7.11 Å². The van der Waals surface area contributed by atoms with E-state index in [2.05, 4.69) is 0 Å². The van der Waals surface area contributed by atoms with Crippen molar-refractivity contribution in [3.8, 4) is 5.75 Å². The van der Waals surface area contributed by atoms with Crippen molar-refractivity contribution in [2.24, 2.45) is 5.92 Å². The maximum atomic E-state index is 10.9. The van der Waals surface area contributed by atoms with Crippen LogP contribution in [-0.4, -0.2) is 18.2 Å². The fraction of sp³-hybridized carbons (Fsp3) is 0.500. The number of carboxylic acids is 1. The molecule has 0 bridgehead atoms. The Morgan fingerprint density at radius 1 is 1.53 bits per heavy atom. The molecule has 1 aromatic carbocycles. The Morgan fingerprint density at radius 2 is 2.24 bits per heavy atom. The third-order valence-corrected chi connectivity index (χ3v) is 3.53. The molecule has 0 spiro atoms. The molecule has 1 aliphatic rings. The van der Waals surface area contributed by atoms with E-state index in [1.165, 1.54) is 0 Å². The summed E-state index contributed by atoms with van der Waals surface area (Å²) in [6, 6.07) is 5.89. The summed E-state index contributed by atoms with van der Waals surface area (Å²) in [5.74, 6) is 0.808. The highest BCUT2D eigenvalue weighted by Crippen LogP contribution is 2.46. The van der Waals surface area contributed by atoms with E-state index in [-0.39, 0.29) is 12.3 Å². The second-order valence-electron chi connectivity index (χ2n) is 4.72. The number of carbonyl (C=O) groups is 1. The molecule has 1 atom stereocenters. The zero-order chi connectivity index (χ0) is 12.4. The maximum Gasteiger partial charge on any atom is 0.303 e. The van der Waals surface area contributed by atoms with Gasteiger partial charge in [-0.2, -0.15) is 0 Å². The Labute approximate surface area is 101 Å². The maximum absolute atomic E-state index is 10.9. The van der Waals surface area contributed by atoms with Crippen molar-refractivity contribution in [3.63, 3.8) is 0 Å². The van der Waals surface area contributed by atoms with Gasteiger partial charge in [0, 0.05) is 0 Å². The molecule has 1 aliphatic carbocycles. The molecule has 1 aromatic rings. The highest BCUT2D eigenvalue weighted by molar-refractivity contribution is 5.68. The Balaban J connectivity index is 2.31. The van der Waals surface area contributed by atoms with Gasteiger partial charge in [-0.25, -0.2) is 0 Å². The summed E-state index contributed by atoms with van der Waals surface area (Å²) in [6.07, 6.45) is 2.52. The van der Waals surface area contributed by atoms with Crippen LogP contribution in [0.2, 0.25) is 0 Å². The van der Waals surface area contributed by atoms with E-state index in [0.717, 1.165) is 29.7 Å². The molecule has 3 heteroatoms. The topological polar surface area (TPSA) is 46.5 Å². The van der Waals surface area contributed by atoms with Crippen LogP contribution in [0.1, 0.15) is 36.3 Å². The summed E-state index contributed by atoms with van der Waals surface area (Å²) >= 11 is 0. The van der Waals surface area contributed by atoms with Gasteiger partial charge < -0.3 is 9.84 Å². The second-order valence-corrected chi connectivity index (χ2v) is 4.72. The van der Waals surface area contributed by atoms with Gasteiger partial charge in [0.2, 0.25) is 0 Å². The number of hydrogen-bond acceptors (Lipinski definition) is 2. The zero-order valence-electron chi connectivity index (χ0n) is 10.3. The van der Waals surface area contributed by atoms with E-state index in [1.807, 2.05) is 25.1 Å². The molecule has 1 unspecified atom stereocenters. The fourth-order valence-corrected chi connectivity index (χ4v) is 2.47. The lowest BCUT2D eigenvalue weighted by molar-refractivity contribution is -0.137. The Kier molecular flexibility index (Phi) is 3.36. The zero-order valence-corrected chi connectivity index (χ0v) is 10.3. The van der Waals surface area contributed by atoms with Gasteiger partial charge in [-0.15, -0.1) is 0 Å². The molecule has 0 heterocycles. The molecule has 0 radical (unpaired) electrons. The molecule has 1 fully saturated rings.